The van der Waals surface area contributed by atoms with Gasteiger partial charge < -0.3 is 9.88 Å². The average Bonchev–Trinajstić information content (AvgIpc) is 3.24. The molecule has 1 aromatic heterocycles. The maximum Gasteiger partial charge on any atom is 0.230 e. The van der Waals surface area contributed by atoms with E-state index in [-0.39, 0.29) is 23.8 Å². The van der Waals surface area contributed by atoms with Crippen molar-refractivity contribution >= 4 is 22.4 Å². The predicted molar refractivity (Wildman–Crippen MR) is 95.7 cm³/mol. The third kappa shape index (κ3) is 2.18. The van der Waals surface area contributed by atoms with Gasteiger partial charge in [-0.3, -0.25) is 9.69 Å². The van der Waals surface area contributed by atoms with Gasteiger partial charge in [0.2, 0.25) is 5.91 Å². The lowest BCUT2D eigenvalue weighted by Gasteiger charge is -2.40. The molecule has 2 atom stereocenters. The van der Waals surface area contributed by atoms with Gasteiger partial charge in [-0.1, -0.05) is 18.2 Å². The number of nitrogens with zero attached hydrogens (tertiary/aromatic N) is 2. The Bertz CT molecular complexity index is 894. The number of H-pyrrole nitrogens is 1. The molecule has 1 aliphatic carbocycles. The van der Waals surface area contributed by atoms with Gasteiger partial charge in [-0.25, -0.2) is 0 Å². The van der Waals surface area contributed by atoms with Crippen molar-refractivity contribution in [3.05, 3.63) is 41.3 Å². The average molecular weight is 339 g/mol. The Morgan fingerprint density at radius 1 is 1.28 bits per heavy atom. The fourth-order valence-electron chi connectivity index (χ4n) is 4.82. The zero-order chi connectivity index (χ0) is 17.1. The van der Waals surface area contributed by atoms with Crippen molar-refractivity contribution in [2.45, 2.75) is 25.3 Å². The minimum Gasteiger partial charge on any atom is -0.342 e. The molecule has 4 nitrogen and oxygen atoms in total. The molecule has 3 aliphatic rings. The van der Waals surface area contributed by atoms with E-state index in [0.29, 0.717) is 13.0 Å². The van der Waals surface area contributed by atoms with Crippen LogP contribution in [0.25, 0.3) is 16.5 Å². The number of halogens is 1. The van der Waals surface area contributed by atoms with Gasteiger partial charge >= 0.3 is 0 Å². The molecule has 1 amide bonds. The highest BCUT2D eigenvalue weighted by molar-refractivity contribution is 5.99. The second-order valence-corrected chi connectivity index (χ2v) is 7.57. The van der Waals surface area contributed by atoms with E-state index in [1.807, 2.05) is 17.0 Å². The lowest BCUT2D eigenvalue weighted by Crippen LogP contribution is -2.47. The molecule has 2 aromatic rings. The first-order valence-electron chi connectivity index (χ1n) is 9.13. The van der Waals surface area contributed by atoms with Crippen LogP contribution in [0.15, 0.2) is 24.3 Å². The number of carbonyl (C=O) groups is 1. The van der Waals surface area contributed by atoms with Crippen LogP contribution in [0.5, 0.6) is 0 Å². The Hall–Kier alpha value is -2.14. The van der Waals surface area contributed by atoms with E-state index < -0.39 is 0 Å². The van der Waals surface area contributed by atoms with Crippen LogP contribution in [-0.2, 0) is 11.2 Å². The van der Waals surface area contributed by atoms with Crippen LogP contribution in [0.1, 0.15) is 24.0 Å². The minimum absolute atomic E-state index is 0.102. The summed E-state index contributed by atoms with van der Waals surface area (Å²) in [5.74, 6) is -0.0753. The van der Waals surface area contributed by atoms with Crippen LogP contribution >= 0.6 is 0 Å². The Morgan fingerprint density at radius 2 is 2.08 bits per heavy atom. The molecule has 3 heterocycles. The Morgan fingerprint density at radius 3 is 2.88 bits per heavy atom. The molecule has 0 radical (unpaired) electrons. The van der Waals surface area contributed by atoms with Gasteiger partial charge in [-0.05, 0) is 43.5 Å². The van der Waals surface area contributed by atoms with Gasteiger partial charge in [0.15, 0.2) is 5.95 Å². The van der Waals surface area contributed by atoms with Crippen molar-refractivity contribution in [3.8, 4) is 0 Å². The fraction of sp³-hybridized carbons (Fsp3) is 0.450. The number of aromatic nitrogens is 1. The van der Waals surface area contributed by atoms with Crippen molar-refractivity contribution in [3.63, 3.8) is 0 Å². The molecule has 5 rings (SSSR count). The SMILES string of the molecule is CN1C[C@H](C(=O)N2CCCC2)C=C2c3cccc4[nH]c(F)c(c34)C[C@H]21. The van der Waals surface area contributed by atoms with E-state index in [9.17, 15) is 9.18 Å². The number of likely N-dealkylation sites (tertiary alicyclic amines) is 1. The van der Waals surface area contributed by atoms with E-state index in [1.165, 1.54) is 5.57 Å². The summed E-state index contributed by atoms with van der Waals surface area (Å²) in [6, 6.07) is 6.09. The highest BCUT2D eigenvalue weighted by atomic mass is 19.1. The first-order valence-corrected chi connectivity index (χ1v) is 9.13. The largest absolute Gasteiger partial charge is 0.342 e. The molecule has 0 unspecified atom stereocenters. The van der Waals surface area contributed by atoms with E-state index in [0.717, 1.165) is 48.0 Å². The fourth-order valence-corrected chi connectivity index (χ4v) is 4.82. The molecule has 0 bridgehead atoms. The van der Waals surface area contributed by atoms with Crippen LogP contribution in [0.2, 0.25) is 0 Å². The molecule has 130 valence electrons. The maximum absolute atomic E-state index is 14.4. The molecule has 0 spiro atoms. The zero-order valence-corrected chi connectivity index (χ0v) is 14.4. The summed E-state index contributed by atoms with van der Waals surface area (Å²) in [6.07, 6.45) is 5.04. The van der Waals surface area contributed by atoms with Gasteiger partial charge in [0.05, 0.1) is 5.92 Å². The molecule has 1 fully saturated rings. The van der Waals surface area contributed by atoms with Crippen molar-refractivity contribution in [2.75, 3.05) is 26.7 Å². The number of benzene rings is 1. The zero-order valence-electron chi connectivity index (χ0n) is 14.4. The standard InChI is InChI=1S/C20H22FN3O/c1-23-11-12(20(25)24-7-2-3-8-24)9-14-13-5-4-6-16-18(13)15(10-17(14)23)19(21)22-16/h4-6,9,12,17,22H,2-3,7-8,10-11H2,1H3/t12-,17-/m1/s1. The smallest absolute Gasteiger partial charge is 0.230 e. The summed E-state index contributed by atoms with van der Waals surface area (Å²) in [4.78, 5) is 20.0. The highest BCUT2D eigenvalue weighted by Gasteiger charge is 2.38. The number of fused-ring (bicyclic) bond motifs is 2. The number of carbonyl (C=O) groups excluding carboxylic acids is 1. The third-order valence-corrected chi connectivity index (χ3v) is 6.08. The molecule has 1 aromatic carbocycles. The number of rotatable bonds is 1. The number of aromatic amines is 1. The van der Waals surface area contributed by atoms with E-state index in [4.69, 9.17) is 0 Å². The van der Waals surface area contributed by atoms with Crippen molar-refractivity contribution in [1.82, 2.24) is 14.8 Å². The van der Waals surface area contributed by atoms with E-state index >= 15 is 0 Å². The summed E-state index contributed by atoms with van der Waals surface area (Å²) in [6.45, 7) is 2.48. The van der Waals surface area contributed by atoms with Crippen LogP contribution in [0.3, 0.4) is 0 Å². The van der Waals surface area contributed by atoms with Gasteiger partial charge in [-0.15, -0.1) is 0 Å². The first-order chi connectivity index (χ1) is 12.1. The summed E-state index contributed by atoms with van der Waals surface area (Å²) < 4.78 is 14.4. The number of hydrogen-bond donors (Lipinski definition) is 1. The van der Waals surface area contributed by atoms with Crippen molar-refractivity contribution < 1.29 is 9.18 Å². The molecular weight excluding hydrogens is 317 g/mol. The monoisotopic (exact) mass is 339 g/mol. The van der Waals surface area contributed by atoms with E-state index in [2.05, 4.69) is 29.1 Å². The highest BCUT2D eigenvalue weighted by Crippen LogP contribution is 2.42. The summed E-state index contributed by atoms with van der Waals surface area (Å²) in [7, 11) is 2.05. The Labute approximate surface area is 146 Å². The minimum atomic E-state index is -0.217. The predicted octanol–water partition coefficient (Wildman–Crippen LogP) is 2.80. The third-order valence-electron chi connectivity index (χ3n) is 6.08. The molecule has 5 heteroatoms. The van der Waals surface area contributed by atoms with E-state index in [1.54, 1.807) is 0 Å². The molecule has 1 saturated heterocycles. The Kier molecular flexibility index (Phi) is 3.29. The number of likely N-dealkylation sites (N-methyl/N-ethyl adjacent to an activating group) is 1. The number of nitrogens with one attached hydrogen (secondary N) is 1. The maximum atomic E-state index is 14.4. The molecule has 25 heavy (non-hydrogen) atoms. The van der Waals surface area contributed by atoms with Crippen LogP contribution in [0, 0.1) is 11.9 Å². The molecular formula is C20H22FN3O. The normalized spacial score (nSPS) is 26.0. The van der Waals surface area contributed by atoms with Crippen LogP contribution < -0.4 is 0 Å². The lowest BCUT2D eigenvalue weighted by atomic mass is 9.79. The van der Waals surface area contributed by atoms with Gasteiger partial charge in [0.1, 0.15) is 0 Å². The quantitative estimate of drug-likeness (QED) is 0.868. The van der Waals surface area contributed by atoms with Crippen LogP contribution in [-0.4, -0.2) is 53.4 Å². The van der Waals surface area contributed by atoms with Gasteiger partial charge in [-0.2, -0.15) is 4.39 Å². The summed E-state index contributed by atoms with van der Waals surface area (Å²) in [5.41, 5.74) is 3.89. The first kappa shape index (κ1) is 15.1. The van der Waals surface area contributed by atoms with Gasteiger partial charge in [0, 0.05) is 42.1 Å². The van der Waals surface area contributed by atoms with Crippen LogP contribution in [0.4, 0.5) is 4.39 Å². The molecule has 1 N–H and O–H groups in total. The topological polar surface area (TPSA) is 39.3 Å². The second-order valence-electron chi connectivity index (χ2n) is 7.57. The summed E-state index contributed by atoms with van der Waals surface area (Å²) >= 11 is 0. The molecule has 0 saturated carbocycles. The second kappa shape index (κ2) is 5.43. The number of amides is 1. The number of hydrogen-bond acceptors (Lipinski definition) is 2. The van der Waals surface area contributed by atoms with Crippen molar-refractivity contribution in [2.24, 2.45) is 5.92 Å². The molecule has 2 aliphatic heterocycles. The summed E-state index contributed by atoms with van der Waals surface area (Å²) in [5, 5.41) is 0.991. The van der Waals surface area contributed by atoms with Crippen molar-refractivity contribution in [1.29, 1.82) is 0 Å². The Balaban J connectivity index is 1.61. The van der Waals surface area contributed by atoms with Gasteiger partial charge in [0.25, 0.3) is 0 Å². The lowest BCUT2D eigenvalue weighted by molar-refractivity contribution is -0.133.